The molecule has 0 radical (unpaired) electrons. The van der Waals surface area contributed by atoms with Crippen molar-refractivity contribution in [1.82, 2.24) is 0 Å². The smallest absolute Gasteiger partial charge is 0.139 e. The van der Waals surface area contributed by atoms with Gasteiger partial charge in [0, 0.05) is 0 Å². The number of rotatable bonds is 1. The molecule has 11 heavy (non-hydrogen) atoms. The highest BCUT2D eigenvalue weighted by atomic mass is 16.3. The molecular weight excluding hydrogens is 140 g/mol. The Kier molecular flexibility index (Phi) is 2.15. The standard InChI is InChI=1S/C9H8O2/c1-2-9(11)7-3-5-8(10)6-4-7/h1,3-6,9-11H/t9-/m1/s1. The number of phenols is 1. The first-order chi connectivity index (χ1) is 5.24. The molecule has 0 aliphatic rings. The normalized spacial score (nSPS) is 12.0. The summed E-state index contributed by atoms with van der Waals surface area (Å²) in [4.78, 5) is 0. The Balaban J connectivity index is 2.92. The van der Waals surface area contributed by atoms with Crippen molar-refractivity contribution in [2.75, 3.05) is 0 Å². The molecule has 0 heterocycles. The van der Waals surface area contributed by atoms with E-state index in [2.05, 4.69) is 5.92 Å². The lowest BCUT2D eigenvalue weighted by atomic mass is 10.1. The summed E-state index contributed by atoms with van der Waals surface area (Å²) in [5.74, 6) is 2.34. The van der Waals surface area contributed by atoms with E-state index >= 15 is 0 Å². The molecule has 0 saturated carbocycles. The van der Waals surface area contributed by atoms with Crippen LogP contribution in [0.4, 0.5) is 0 Å². The van der Waals surface area contributed by atoms with Gasteiger partial charge in [-0.2, -0.15) is 0 Å². The van der Waals surface area contributed by atoms with Gasteiger partial charge >= 0.3 is 0 Å². The van der Waals surface area contributed by atoms with Gasteiger partial charge in [-0.25, -0.2) is 0 Å². The molecule has 2 N–H and O–H groups in total. The van der Waals surface area contributed by atoms with Crippen molar-refractivity contribution in [3.05, 3.63) is 29.8 Å². The molecular formula is C9H8O2. The monoisotopic (exact) mass is 148 g/mol. The van der Waals surface area contributed by atoms with Crippen LogP contribution >= 0.6 is 0 Å². The fourth-order valence-corrected chi connectivity index (χ4v) is 0.753. The Bertz CT molecular complexity index is 269. The number of aliphatic hydroxyl groups is 1. The van der Waals surface area contributed by atoms with E-state index in [0.29, 0.717) is 5.56 Å². The Hall–Kier alpha value is -1.46. The van der Waals surface area contributed by atoms with Crippen molar-refractivity contribution < 1.29 is 10.2 Å². The zero-order chi connectivity index (χ0) is 8.27. The van der Waals surface area contributed by atoms with Crippen LogP contribution in [0.2, 0.25) is 0 Å². The number of terminal acetylenes is 1. The third kappa shape index (κ3) is 1.73. The molecule has 0 unspecified atom stereocenters. The highest BCUT2D eigenvalue weighted by Crippen LogP contribution is 2.15. The average molecular weight is 148 g/mol. The Morgan fingerprint density at radius 2 is 1.82 bits per heavy atom. The van der Waals surface area contributed by atoms with Gasteiger partial charge in [-0.05, 0) is 17.7 Å². The Morgan fingerprint density at radius 1 is 1.27 bits per heavy atom. The number of phenolic OH excluding ortho intramolecular Hbond substituents is 1. The van der Waals surface area contributed by atoms with Crippen molar-refractivity contribution in [2.45, 2.75) is 6.10 Å². The van der Waals surface area contributed by atoms with E-state index in [0.717, 1.165) is 0 Å². The molecule has 1 aromatic carbocycles. The van der Waals surface area contributed by atoms with Gasteiger partial charge in [0.2, 0.25) is 0 Å². The zero-order valence-electron chi connectivity index (χ0n) is 5.86. The van der Waals surface area contributed by atoms with Gasteiger partial charge < -0.3 is 10.2 Å². The molecule has 2 heteroatoms. The fraction of sp³-hybridized carbons (Fsp3) is 0.111. The SMILES string of the molecule is C#C[C@@H](O)c1ccc(O)cc1. The molecule has 0 bridgehead atoms. The molecule has 0 amide bonds. The van der Waals surface area contributed by atoms with E-state index in [1.54, 1.807) is 12.1 Å². The molecule has 1 aromatic rings. The van der Waals surface area contributed by atoms with E-state index in [1.807, 2.05) is 0 Å². The van der Waals surface area contributed by atoms with Gasteiger partial charge in [-0.3, -0.25) is 0 Å². The minimum Gasteiger partial charge on any atom is -0.508 e. The van der Waals surface area contributed by atoms with Gasteiger partial charge in [0.15, 0.2) is 0 Å². The molecule has 1 rings (SSSR count). The summed E-state index contributed by atoms with van der Waals surface area (Å²) in [7, 11) is 0. The number of aromatic hydroxyl groups is 1. The molecule has 56 valence electrons. The maximum atomic E-state index is 9.10. The summed E-state index contributed by atoms with van der Waals surface area (Å²) in [6, 6.07) is 6.13. The third-order valence-corrected chi connectivity index (χ3v) is 1.37. The van der Waals surface area contributed by atoms with Gasteiger partial charge in [0.1, 0.15) is 11.9 Å². The summed E-state index contributed by atoms with van der Waals surface area (Å²) in [5.41, 5.74) is 0.616. The van der Waals surface area contributed by atoms with Crippen molar-refractivity contribution >= 4 is 0 Å². The average Bonchev–Trinajstić information content (AvgIpc) is 2.05. The van der Waals surface area contributed by atoms with Crippen LogP contribution in [0, 0.1) is 12.3 Å². The van der Waals surface area contributed by atoms with E-state index < -0.39 is 6.10 Å². The number of benzene rings is 1. The predicted molar refractivity (Wildman–Crippen MR) is 41.9 cm³/mol. The van der Waals surface area contributed by atoms with Crippen molar-refractivity contribution in [3.63, 3.8) is 0 Å². The molecule has 0 fully saturated rings. The lowest BCUT2D eigenvalue weighted by Gasteiger charge is -2.01. The summed E-state index contributed by atoms with van der Waals surface area (Å²) in [5, 5.41) is 18.0. The topological polar surface area (TPSA) is 40.5 Å². The lowest BCUT2D eigenvalue weighted by Crippen LogP contribution is -1.91. The van der Waals surface area contributed by atoms with Crippen LogP contribution in [-0.4, -0.2) is 10.2 Å². The highest BCUT2D eigenvalue weighted by Gasteiger charge is 2.00. The largest absolute Gasteiger partial charge is 0.508 e. The minimum absolute atomic E-state index is 0.165. The maximum absolute atomic E-state index is 9.10. The number of hydrogen-bond acceptors (Lipinski definition) is 2. The van der Waals surface area contributed by atoms with E-state index in [1.165, 1.54) is 12.1 Å². The van der Waals surface area contributed by atoms with Crippen LogP contribution in [0.5, 0.6) is 5.75 Å². The lowest BCUT2D eigenvalue weighted by molar-refractivity contribution is 0.238. The first kappa shape index (κ1) is 7.64. The van der Waals surface area contributed by atoms with Crippen LogP contribution < -0.4 is 0 Å². The van der Waals surface area contributed by atoms with Crippen LogP contribution in [0.15, 0.2) is 24.3 Å². The quantitative estimate of drug-likeness (QED) is 0.584. The van der Waals surface area contributed by atoms with Crippen LogP contribution in [0.25, 0.3) is 0 Å². The van der Waals surface area contributed by atoms with Crippen molar-refractivity contribution in [2.24, 2.45) is 0 Å². The van der Waals surface area contributed by atoms with Crippen LogP contribution in [0.3, 0.4) is 0 Å². The molecule has 0 spiro atoms. The molecule has 0 saturated heterocycles. The van der Waals surface area contributed by atoms with Crippen molar-refractivity contribution in [3.8, 4) is 18.1 Å². The molecule has 2 nitrogen and oxygen atoms in total. The number of aliphatic hydroxyl groups excluding tert-OH is 1. The van der Waals surface area contributed by atoms with Crippen LogP contribution in [0.1, 0.15) is 11.7 Å². The second-order valence-electron chi connectivity index (χ2n) is 2.16. The summed E-state index contributed by atoms with van der Waals surface area (Å²) >= 11 is 0. The maximum Gasteiger partial charge on any atom is 0.139 e. The van der Waals surface area contributed by atoms with E-state index in [-0.39, 0.29) is 5.75 Å². The minimum atomic E-state index is -0.879. The Labute approximate surface area is 65.1 Å². The summed E-state index contributed by atoms with van der Waals surface area (Å²) in [6.07, 6.45) is 4.10. The third-order valence-electron chi connectivity index (χ3n) is 1.37. The first-order valence-corrected chi connectivity index (χ1v) is 3.17. The fourth-order valence-electron chi connectivity index (χ4n) is 0.753. The van der Waals surface area contributed by atoms with Gasteiger partial charge in [0.25, 0.3) is 0 Å². The summed E-state index contributed by atoms with van der Waals surface area (Å²) in [6.45, 7) is 0. The van der Waals surface area contributed by atoms with E-state index in [4.69, 9.17) is 16.6 Å². The molecule has 0 aliphatic heterocycles. The predicted octanol–water partition coefficient (Wildman–Crippen LogP) is 1.06. The van der Waals surface area contributed by atoms with Gasteiger partial charge in [0.05, 0.1) is 0 Å². The van der Waals surface area contributed by atoms with Crippen LogP contribution in [-0.2, 0) is 0 Å². The second-order valence-corrected chi connectivity index (χ2v) is 2.16. The molecule has 0 aliphatic carbocycles. The number of hydrogen-bond donors (Lipinski definition) is 2. The summed E-state index contributed by atoms with van der Waals surface area (Å²) < 4.78 is 0. The highest BCUT2D eigenvalue weighted by molar-refractivity contribution is 5.30. The van der Waals surface area contributed by atoms with E-state index in [9.17, 15) is 0 Å². The van der Waals surface area contributed by atoms with Gasteiger partial charge in [-0.1, -0.05) is 18.1 Å². The zero-order valence-corrected chi connectivity index (χ0v) is 5.86. The van der Waals surface area contributed by atoms with Crippen molar-refractivity contribution in [1.29, 1.82) is 0 Å². The van der Waals surface area contributed by atoms with Gasteiger partial charge in [-0.15, -0.1) is 6.42 Å². The Morgan fingerprint density at radius 3 is 2.27 bits per heavy atom. The first-order valence-electron chi connectivity index (χ1n) is 3.17. The molecule has 1 atom stereocenters. The second kappa shape index (κ2) is 3.09. The molecule has 0 aromatic heterocycles.